The van der Waals surface area contributed by atoms with Gasteiger partial charge in [-0.15, -0.1) is 0 Å². The number of aromatic nitrogens is 4. The fourth-order valence-corrected chi connectivity index (χ4v) is 2.39. The SMILES string of the molecule is CC(=O)NCC(C)(C)c1ccc2nc(-c3cnc[nH]3)[nH]c2c1. The van der Waals surface area contributed by atoms with Crippen LogP contribution in [0, 0.1) is 0 Å². The largest absolute Gasteiger partial charge is 0.355 e. The molecule has 22 heavy (non-hydrogen) atoms. The molecule has 114 valence electrons. The molecule has 0 saturated heterocycles. The quantitative estimate of drug-likeness (QED) is 0.691. The van der Waals surface area contributed by atoms with Gasteiger partial charge in [-0.2, -0.15) is 0 Å². The molecular weight excluding hydrogens is 278 g/mol. The first-order valence-electron chi connectivity index (χ1n) is 7.19. The number of imidazole rings is 2. The summed E-state index contributed by atoms with van der Waals surface area (Å²) in [4.78, 5) is 26.0. The number of fused-ring (bicyclic) bond motifs is 1. The molecule has 1 aromatic carbocycles. The molecule has 0 radical (unpaired) electrons. The van der Waals surface area contributed by atoms with Gasteiger partial charge in [0, 0.05) is 18.9 Å². The van der Waals surface area contributed by atoms with Gasteiger partial charge in [0.25, 0.3) is 0 Å². The number of hydrogen-bond acceptors (Lipinski definition) is 3. The monoisotopic (exact) mass is 297 g/mol. The van der Waals surface area contributed by atoms with Crippen LogP contribution in [0.5, 0.6) is 0 Å². The van der Waals surface area contributed by atoms with E-state index in [0.717, 1.165) is 28.1 Å². The first kappa shape index (κ1) is 14.3. The van der Waals surface area contributed by atoms with Crippen molar-refractivity contribution in [2.75, 3.05) is 6.54 Å². The number of nitrogens with zero attached hydrogens (tertiary/aromatic N) is 2. The van der Waals surface area contributed by atoms with E-state index in [1.165, 1.54) is 6.92 Å². The van der Waals surface area contributed by atoms with Gasteiger partial charge in [0.05, 0.1) is 23.6 Å². The second-order valence-electron chi connectivity index (χ2n) is 6.08. The molecule has 1 amide bonds. The summed E-state index contributed by atoms with van der Waals surface area (Å²) in [6.45, 7) is 6.34. The summed E-state index contributed by atoms with van der Waals surface area (Å²) in [5, 5.41) is 2.88. The standard InChI is InChI=1S/C16H19N5O/c1-10(22)18-8-16(2,3)11-4-5-12-13(6-11)21-15(20-12)14-7-17-9-19-14/h4-7,9H,8H2,1-3H3,(H,17,19)(H,18,22)(H,20,21). The van der Waals surface area contributed by atoms with Crippen molar-refractivity contribution in [3.8, 4) is 11.5 Å². The molecule has 2 aromatic heterocycles. The van der Waals surface area contributed by atoms with Gasteiger partial charge < -0.3 is 15.3 Å². The molecule has 3 aromatic rings. The van der Waals surface area contributed by atoms with E-state index in [1.807, 2.05) is 6.07 Å². The Morgan fingerprint density at radius 3 is 2.86 bits per heavy atom. The van der Waals surface area contributed by atoms with E-state index in [-0.39, 0.29) is 11.3 Å². The smallest absolute Gasteiger partial charge is 0.216 e. The fraction of sp³-hybridized carbons (Fsp3) is 0.312. The van der Waals surface area contributed by atoms with Crippen LogP contribution in [0.1, 0.15) is 26.3 Å². The van der Waals surface area contributed by atoms with Crippen molar-refractivity contribution in [2.45, 2.75) is 26.2 Å². The topological polar surface area (TPSA) is 86.5 Å². The number of aromatic amines is 2. The van der Waals surface area contributed by atoms with Gasteiger partial charge in [0.2, 0.25) is 5.91 Å². The van der Waals surface area contributed by atoms with E-state index in [4.69, 9.17) is 0 Å². The number of carbonyl (C=O) groups excluding carboxylic acids is 1. The fourth-order valence-electron chi connectivity index (χ4n) is 2.39. The van der Waals surface area contributed by atoms with Gasteiger partial charge in [0.15, 0.2) is 5.82 Å². The number of amides is 1. The summed E-state index contributed by atoms with van der Waals surface area (Å²) in [6.07, 6.45) is 3.36. The van der Waals surface area contributed by atoms with E-state index < -0.39 is 0 Å². The first-order valence-corrected chi connectivity index (χ1v) is 7.19. The summed E-state index contributed by atoms with van der Waals surface area (Å²) in [5.41, 5.74) is 3.73. The Morgan fingerprint density at radius 1 is 1.36 bits per heavy atom. The van der Waals surface area contributed by atoms with Crippen LogP contribution < -0.4 is 5.32 Å². The molecule has 2 heterocycles. The number of H-pyrrole nitrogens is 2. The Morgan fingerprint density at radius 2 is 2.18 bits per heavy atom. The Balaban J connectivity index is 1.94. The molecule has 0 spiro atoms. The molecule has 0 atom stereocenters. The maximum atomic E-state index is 11.1. The zero-order valence-electron chi connectivity index (χ0n) is 12.9. The zero-order valence-corrected chi connectivity index (χ0v) is 12.9. The lowest BCUT2D eigenvalue weighted by Gasteiger charge is -2.25. The average Bonchev–Trinajstić information content (AvgIpc) is 3.12. The van der Waals surface area contributed by atoms with Crippen molar-refractivity contribution >= 4 is 16.9 Å². The lowest BCUT2D eigenvalue weighted by Crippen LogP contribution is -2.35. The number of carbonyl (C=O) groups is 1. The highest BCUT2D eigenvalue weighted by atomic mass is 16.1. The molecule has 0 fully saturated rings. The van der Waals surface area contributed by atoms with E-state index >= 15 is 0 Å². The minimum atomic E-state index is -0.154. The number of rotatable bonds is 4. The van der Waals surface area contributed by atoms with Crippen molar-refractivity contribution in [3.05, 3.63) is 36.3 Å². The highest BCUT2D eigenvalue weighted by Gasteiger charge is 2.21. The number of nitrogens with one attached hydrogen (secondary N) is 3. The predicted molar refractivity (Wildman–Crippen MR) is 85.4 cm³/mol. The van der Waals surface area contributed by atoms with Crippen molar-refractivity contribution in [1.82, 2.24) is 25.3 Å². The number of benzene rings is 1. The van der Waals surface area contributed by atoms with E-state index in [0.29, 0.717) is 6.54 Å². The van der Waals surface area contributed by atoms with Crippen LogP contribution in [-0.2, 0) is 10.2 Å². The van der Waals surface area contributed by atoms with E-state index in [9.17, 15) is 4.79 Å². The zero-order chi connectivity index (χ0) is 15.7. The van der Waals surface area contributed by atoms with Crippen LogP contribution in [0.2, 0.25) is 0 Å². The average molecular weight is 297 g/mol. The van der Waals surface area contributed by atoms with Gasteiger partial charge in [-0.1, -0.05) is 19.9 Å². The van der Waals surface area contributed by atoms with Crippen molar-refractivity contribution < 1.29 is 4.79 Å². The maximum absolute atomic E-state index is 11.1. The molecule has 6 heteroatoms. The summed E-state index contributed by atoms with van der Waals surface area (Å²) in [6, 6.07) is 6.14. The Hall–Kier alpha value is -2.63. The highest BCUT2D eigenvalue weighted by molar-refractivity contribution is 5.79. The van der Waals surface area contributed by atoms with Crippen LogP contribution in [0.3, 0.4) is 0 Å². The number of hydrogen-bond donors (Lipinski definition) is 3. The van der Waals surface area contributed by atoms with Crippen LogP contribution in [-0.4, -0.2) is 32.4 Å². The second kappa shape index (κ2) is 5.29. The van der Waals surface area contributed by atoms with Crippen LogP contribution in [0.4, 0.5) is 0 Å². The third-order valence-electron chi connectivity index (χ3n) is 3.80. The van der Waals surface area contributed by atoms with Crippen LogP contribution >= 0.6 is 0 Å². The van der Waals surface area contributed by atoms with Crippen molar-refractivity contribution in [2.24, 2.45) is 0 Å². The lowest BCUT2D eigenvalue weighted by molar-refractivity contribution is -0.119. The molecule has 0 unspecified atom stereocenters. The van der Waals surface area contributed by atoms with Gasteiger partial charge in [-0.3, -0.25) is 4.79 Å². The Bertz CT molecular complexity index is 801. The molecule has 0 aliphatic heterocycles. The molecule has 3 rings (SSSR count). The Kier molecular flexibility index (Phi) is 3.44. The Labute approximate surface area is 128 Å². The molecule has 0 aliphatic rings. The minimum Gasteiger partial charge on any atom is -0.355 e. The molecule has 0 saturated carbocycles. The summed E-state index contributed by atoms with van der Waals surface area (Å²) in [5.74, 6) is 0.751. The van der Waals surface area contributed by atoms with Crippen molar-refractivity contribution in [3.63, 3.8) is 0 Å². The molecule has 3 N–H and O–H groups in total. The third-order valence-corrected chi connectivity index (χ3v) is 3.80. The van der Waals surface area contributed by atoms with Gasteiger partial charge >= 0.3 is 0 Å². The lowest BCUT2D eigenvalue weighted by atomic mass is 9.84. The molecule has 6 nitrogen and oxygen atoms in total. The summed E-state index contributed by atoms with van der Waals surface area (Å²) < 4.78 is 0. The van der Waals surface area contributed by atoms with Crippen molar-refractivity contribution in [1.29, 1.82) is 0 Å². The first-order chi connectivity index (χ1) is 10.5. The maximum Gasteiger partial charge on any atom is 0.216 e. The van der Waals surface area contributed by atoms with Gasteiger partial charge in [-0.05, 0) is 17.7 Å². The highest BCUT2D eigenvalue weighted by Crippen LogP contribution is 2.26. The van der Waals surface area contributed by atoms with Crippen LogP contribution in [0.15, 0.2) is 30.7 Å². The second-order valence-corrected chi connectivity index (χ2v) is 6.08. The molecule has 0 bridgehead atoms. The minimum absolute atomic E-state index is 0.0165. The normalized spacial score (nSPS) is 11.8. The molecule has 0 aliphatic carbocycles. The predicted octanol–water partition coefficient (Wildman–Crippen LogP) is 2.37. The van der Waals surface area contributed by atoms with Crippen LogP contribution in [0.25, 0.3) is 22.6 Å². The van der Waals surface area contributed by atoms with Gasteiger partial charge in [-0.25, -0.2) is 9.97 Å². The summed E-state index contributed by atoms with van der Waals surface area (Å²) >= 11 is 0. The third kappa shape index (κ3) is 2.72. The summed E-state index contributed by atoms with van der Waals surface area (Å²) in [7, 11) is 0. The van der Waals surface area contributed by atoms with E-state index in [2.05, 4.69) is 51.2 Å². The van der Waals surface area contributed by atoms with Gasteiger partial charge in [0.1, 0.15) is 5.69 Å². The van der Waals surface area contributed by atoms with E-state index in [1.54, 1.807) is 12.5 Å². The molecular formula is C16H19N5O.